The van der Waals surface area contributed by atoms with Gasteiger partial charge in [-0.05, 0) is 59.4 Å². The molecule has 0 bridgehead atoms. The number of phosphoric ester groups is 1. The first-order valence-corrected chi connectivity index (χ1v) is 16.2. The number of hydrogen-bond donors (Lipinski definition) is 1. The predicted octanol–water partition coefficient (Wildman–Crippen LogP) is 9.85. The minimum Gasteiger partial charge on any atom is -0.394 e. The Morgan fingerprint density at radius 2 is 1.07 bits per heavy atom. The molecule has 0 amide bonds. The molecule has 0 aliphatic carbocycles. The molecule has 2 aliphatic rings. The second-order valence-corrected chi connectivity index (χ2v) is 12.8. The zero-order valence-corrected chi connectivity index (χ0v) is 24.7. The molecular formula is C32H25F2O4PS2. The van der Waals surface area contributed by atoms with Gasteiger partial charge in [-0.1, -0.05) is 98.0 Å². The summed E-state index contributed by atoms with van der Waals surface area (Å²) in [5.41, 5.74) is 4.08. The first-order chi connectivity index (χ1) is 19.8. The van der Waals surface area contributed by atoms with Crippen molar-refractivity contribution in [3.63, 3.8) is 0 Å². The number of benzene rings is 4. The SMILES string of the molecule is CCc1cccc2c1Sc1c(F)cccc1C=C2OP(=O)(O)OC1=Cc2cccc(F)c2Sc2c(CC)cccc21. The Morgan fingerprint density at radius 1 is 0.659 bits per heavy atom. The van der Waals surface area contributed by atoms with E-state index in [0.29, 0.717) is 44.9 Å². The number of fused-ring (bicyclic) bond motifs is 4. The Bertz CT molecular complexity index is 1670. The van der Waals surface area contributed by atoms with Gasteiger partial charge in [0, 0.05) is 20.9 Å². The van der Waals surface area contributed by atoms with Gasteiger partial charge in [0.05, 0.1) is 9.79 Å². The summed E-state index contributed by atoms with van der Waals surface area (Å²) >= 11 is 2.54. The van der Waals surface area contributed by atoms with Crippen LogP contribution in [0.2, 0.25) is 0 Å². The molecule has 0 unspecified atom stereocenters. The van der Waals surface area contributed by atoms with Gasteiger partial charge in [-0.25, -0.2) is 13.3 Å². The molecule has 6 rings (SSSR count). The van der Waals surface area contributed by atoms with Crippen LogP contribution in [0.1, 0.15) is 47.2 Å². The zero-order valence-electron chi connectivity index (χ0n) is 22.2. The maximum atomic E-state index is 14.9. The van der Waals surface area contributed by atoms with Gasteiger partial charge in [-0.3, -0.25) is 4.89 Å². The molecule has 2 aliphatic heterocycles. The fraction of sp³-hybridized carbons (Fsp3) is 0.125. The van der Waals surface area contributed by atoms with Gasteiger partial charge < -0.3 is 9.05 Å². The summed E-state index contributed by atoms with van der Waals surface area (Å²) in [5, 5.41) is 0. The Balaban J connectivity index is 1.45. The first kappa shape index (κ1) is 27.9. The molecule has 2 heterocycles. The molecule has 0 saturated carbocycles. The maximum Gasteiger partial charge on any atom is 0.584 e. The minimum atomic E-state index is -4.82. The van der Waals surface area contributed by atoms with Crippen LogP contribution in [0.4, 0.5) is 8.78 Å². The van der Waals surface area contributed by atoms with Gasteiger partial charge in [0.2, 0.25) is 0 Å². The molecule has 4 aromatic carbocycles. The molecule has 0 radical (unpaired) electrons. The third-order valence-electron chi connectivity index (χ3n) is 6.89. The molecule has 0 saturated heterocycles. The number of rotatable bonds is 6. The van der Waals surface area contributed by atoms with Crippen LogP contribution in [-0.4, -0.2) is 4.89 Å². The first-order valence-electron chi connectivity index (χ1n) is 13.1. The van der Waals surface area contributed by atoms with Crippen molar-refractivity contribution in [3.8, 4) is 0 Å². The van der Waals surface area contributed by atoms with Crippen LogP contribution in [-0.2, 0) is 26.5 Å². The van der Waals surface area contributed by atoms with Crippen molar-refractivity contribution < 1.29 is 27.3 Å². The van der Waals surface area contributed by atoms with Gasteiger partial charge in [-0.15, -0.1) is 0 Å². The fourth-order valence-electron chi connectivity index (χ4n) is 4.91. The molecule has 208 valence electrons. The van der Waals surface area contributed by atoms with Crippen molar-refractivity contribution in [3.05, 3.63) is 118 Å². The molecule has 0 atom stereocenters. The van der Waals surface area contributed by atoms with Crippen LogP contribution in [0.25, 0.3) is 23.7 Å². The monoisotopic (exact) mass is 606 g/mol. The van der Waals surface area contributed by atoms with E-state index in [2.05, 4.69) is 0 Å². The lowest BCUT2D eigenvalue weighted by molar-refractivity contribution is 0.264. The molecule has 4 nitrogen and oxygen atoms in total. The van der Waals surface area contributed by atoms with Crippen LogP contribution >= 0.6 is 31.3 Å². The Morgan fingerprint density at radius 3 is 1.49 bits per heavy atom. The van der Waals surface area contributed by atoms with Gasteiger partial charge in [0.15, 0.2) is 0 Å². The fourth-order valence-corrected chi connectivity index (χ4v) is 8.22. The number of aryl methyl sites for hydroxylation is 2. The van der Waals surface area contributed by atoms with Crippen molar-refractivity contribution in [1.29, 1.82) is 0 Å². The summed E-state index contributed by atoms with van der Waals surface area (Å²) in [6, 6.07) is 20.5. The minimum absolute atomic E-state index is 0.0931. The van der Waals surface area contributed by atoms with Crippen molar-refractivity contribution in [2.75, 3.05) is 0 Å². The number of phosphoric acid groups is 1. The summed E-state index contributed by atoms with van der Waals surface area (Å²) in [6.45, 7) is 3.99. The second kappa shape index (κ2) is 11.2. The molecule has 41 heavy (non-hydrogen) atoms. The molecule has 0 aromatic heterocycles. The average Bonchev–Trinajstić information content (AvgIpc) is 3.21. The van der Waals surface area contributed by atoms with Gasteiger partial charge in [-0.2, -0.15) is 0 Å². The van der Waals surface area contributed by atoms with Gasteiger partial charge in [0.1, 0.15) is 23.2 Å². The standard InChI is InChI=1S/C32H25F2O4PS2/c1-3-19-9-5-13-23-27(17-21-11-7-15-25(33)31(21)40-29(19)23)37-39(35,36)38-28-18-22-12-8-16-26(34)32(22)41-30-20(4-2)10-6-14-24(28)30/h5-18H,3-4H2,1-2H3,(H,35,36). The highest BCUT2D eigenvalue weighted by molar-refractivity contribution is 7.99. The van der Waals surface area contributed by atoms with Gasteiger partial charge in [0.25, 0.3) is 0 Å². The lowest BCUT2D eigenvalue weighted by Crippen LogP contribution is -1.99. The number of halogens is 2. The zero-order chi connectivity index (χ0) is 28.7. The topological polar surface area (TPSA) is 55.8 Å². The third kappa shape index (κ3) is 5.38. The van der Waals surface area contributed by atoms with E-state index in [0.717, 1.165) is 20.9 Å². The van der Waals surface area contributed by atoms with Crippen LogP contribution in [0.5, 0.6) is 0 Å². The lowest BCUT2D eigenvalue weighted by atomic mass is 10.1. The smallest absolute Gasteiger partial charge is 0.394 e. The second-order valence-electron chi connectivity index (χ2n) is 9.48. The van der Waals surface area contributed by atoms with E-state index in [1.807, 2.05) is 38.1 Å². The van der Waals surface area contributed by atoms with Crippen molar-refractivity contribution in [2.24, 2.45) is 0 Å². The Hall–Kier alpha value is -3.29. The van der Waals surface area contributed by atoms with Crippen LogP contribution in [0, 0.1) is 11.6 Å². The Labute approximate surface area is 245 Å². The van der Waals surface area contributed by atoms with Crippen LogP contribution < -0.4 is 0 Å². The van der Waals surface area contributed by atoms with Crippen molar-refractivity contribution >= 4 is 55.0 Å². The highest BCUT2D eigenvalue weighted by Gasteiger charge is 2.33. The third-order valence-corrected chi connectivity index (χ3v) is 10.4. The van der Waals surface area contributed by atoms with Gasteiger partial charge >= 0.3 is 7.82 Å². The molecular weight excluding hydrogens is 581 g/mol. The molecule has 9 heteroatoms. The van der Waals surface area contributed by atoms with Crippen molar-refractivity contribution in [2.45, 2.75) is 46.3 Å². The van der Waals surface area contributed by atoms with Crippen LogP contribution in [0.3, 0.4) is 0 Å². The van der Waals surface area contributed by atoms with E-state index in [-0.39, 0.29) is 23.2 Å². The van der Waals surface area contributed by atoms with E-state index in [4.69, 9.17) is 9.05 Å². The lowest BCUT2D eigenvalue weighted by Gasteiger charge is -2.20. The van der Waals surface area contributed by atoms with Crippen LogP contribution in [0.15, 0.2) is 92.4 Å². The summed E-state index contributed by atoms with van der Waals surface area (Å²) in [5.74, 6) is -0.590. The quantitative estimate of drug-likeness (QED) is 0.221. The summed E-state index contributed by atoms with van der Waals surface area (Å²) < 4.78 is 55.1. The largest absolute Gasteiger partial charge is 0.584 e. The summed E-state index contributed by atoms with van der Waals surface area (Å²) in [7, 11) is -4.82. The van der Waals surface area contributed by atoms with E-state index in [1.54, 1.807) is 48.6 Å². The summed E-state index contributed by atoms with van der Waals surface area (Å²) in [4.78, 5) is 13.5. The van der Waals surface area contributed by atoms with E-state index in [1.165, 1.54) is 35.7 Å². The van der Waals surface area contributed by atoms with E-state index in [9.17, 15) is 18.2 Å². The molecule has 4 aromatic rings. The Kier molecular flexibility index (Phi) is 7.60. The van der Waals surface area contributed by atoms with Crippen molar-refractivity contribution in [1.82, 2.24) is 0 Å². The highest BCUT2D eigenvalue weighted by atomic mass is 32.2. The van der Waals surface area contributed by atoms with E-state index >= 15 is 0 Å². The normalized spacial score (nSPS) is 13.9. The maximum absolute atomic E-state index is 14.9. The highest BCUT2D eigenvalue weighted by Crippen LogP contribution is 2.56. The number of hydrogen-bond acceptors (Lipinski definition) is 5. The average molecular weight is 607 g/mol. The molecule has 1 N–H and O–H groups in total. The molecule has 0 fully saturated rings. The van der Waals surface area contributed by atoms with E-state index < -0.39 is 7.82 Å². The predicted molar refractivity (Wildman–Crippen MR) is 160 cm³/mol. The molecule has 0 spiro atoms. The summed E-state index contributed by atoms with van der Waals surface area (Å²) in [6.07, 6.45) is 4.48.